The van der Waals surface area contributed by atoms with Gasteiger partial charge in [0, 0.05) is 12.6 Å². The SMILES string of the molecule is CC(CCC(C)N1CCCC1)CN(C)C. The van der Waals surface area contributed by atoms with Crippen molar-refractivity contribution >= 4 is 0 Å². The molecule has 1 aliphatic rings. The molecule has 2 atom stereocenters. The molecule has 2 nitrogen and oxygen atoms in total. The molecule has 0 saturated carbocycles. The largest absolute Gasteiger partial charge is 0.309 e. The number of rotatable bonds is 6. The van der Waals surface area contributed by atoms with Gasteiger partial charge in [-0.3, -0.25) is 0 Å². The zero-order valence-corrected chi connectivity index (χ0v) is 11.0. The molecule has 0 aromatic carbocycles. The molecule has 0 spiro atoms. The van der Waals surface area contributed by atoms with Crippen LogP contribution in [0.4, 0.5) is 0 Å². The third-order valence-electron chi connectivity index (χ3n) is 3.52. The van der Waals surface area contributed by atoms with E-state index < -0.39 is 0 Å². The fourth-order valence-corrected chi connectivity index (χ4v) is 2.61. The fraction of sp³-hybridized carbons (Fsp3) is 1.00. The van der Waals surface area contributed by atoms with Crippen molar-refractivity contribution in [3.05, 3.63) is 0 Å². The Morgan fingerprint density at radius 1 is 1.07 bits per heavy atom. The summed E-state index contributed by atoms with van der Waals surface area (Å²) in [6.45, 7) is 8.67. The molecule has 1 rings (SSSR count). The van der Waals surface area contributed by atoms with Crippen LogP contribution in [0.2, 0.25) is 0 Å². The summed E-state index contributed by atoms with van der Waals surface area (Å²) in [6, 6.07) is 0.803. The number of likely N-dealkylation sites (tertiary alicyclic amines) is 1. The van der Waals surface area contributed by atoms with Crippen LogP contribution >= 0.6 is 0 Å². The Hall–Kier alpha value is -0.0800. The van der Waals surface area contributed by atoms with E-state index >= 15 is 0 Å². The normalized spacial score (nSPS) is 22.2. The molecule has 0 bridgehead atoms. The van der Waals surface area contributed by atoms with Gasteiger partial charge < -0.3 is 9.80 Å². The van der Waals surface area contributed by atoms with E-state index in [1.165, 1.54) is 45.3 Å². The van der Waals surface area contributed by atoms with E-state index in [-0.39, 0.29) is 0 Å². The van der Waals surface area contributed by atoms with Crippen molar-refractivity contribution in [2.24, 2.45) is 5.92 Å². The average molecular weight is 212 g/mol. The standard InChI is InChI=1S/C13H28N2/c1-12(11-14(3)4)7-8-13(2)15-9-5-6-10-15/h12-13H,5-11H2,1-4H3. The Morgan fingerprint density at radius 2 is 1.67 bits per heavy atom. The van der Waals surface area contributed by atoms with Crippen molar-refractivity contribution in [3.8, 4) is 0 Å². The van der Waals surface area contributed by atoms with Crippen LogP contribution in [-0.2, 0) is 0 Å². The lowest BCUT2D eigenvalue weighted by Gasteiger charge is -2.25. The van der Waals surface area contributed by atoms with Crippen molar-refractivity contribution in [1.82, 2.24) is 9.80 Å². The molecule has 0 aromatic rings. The highest BCUT2D eigenvalue weighted by Crippen LogP contribution is 2.17. The third-order valence-corrected chi connectivity index (χ3v) is 3.52. The van der Waals surface area contributed by atoms with E-state index in [0.717, 1.165) is 12.0 Å². The highest BCUT2D eigenvalue weighted by Gasteiger charge is 2.18. The second kappa shape index (κ2) is 6.49. The smallest absolute Gasteiger partial charge is 0.00670 e. The van der Waals surface area contributed by atoms with Gasteiger partial charge in [0.15, 0.2) is 0 Å². The summed E-state index contributed by atoms with van der Waals surface area (Å²) in [6.07, 6.45) is 5.57. The number of hydrogen-bond donors (Lipinski definition) is 0. The van der Waals surface area contributed by atoms with E-state index in [2.05, 4.69) is 37.7 Å². The van der Waals surface area contributed by atoms with Gasteiger partial charge in [0.25, 0.3) is 0 Å². The van der Waals surface area contributed by atoms with Crippen LogP contribution in [0.3, 0.4) is 0 Å². The third kappa shape index (κ3) is 4.98. The predicted octanol–water partition coefficient (Wildman–Crippen LogP) is 2.45. The van der Waals surface area contributed by atoms with Crippen LogP contribution in [-0.4, -0.2) is 49.6 Å². The second-order valence-electron chi connectivity index (χ2n) is 5.54. The van der Waals surface area contributed by atoms with Crippen molar-refractivity contribution in [2.45, 2.75) is 45.6 Å². The van der Waals surface area contributed by atoms with Gasteiger partial charge in [0.2, 0.25) is 0 Å². The van der Waals surface area contributed by atoms with Crippen LogP contribution in [0.15, 0.2) is 0 Å². The van der Waals surface area contributed by atoms with E-state index in [4.69, 9.17) is 0 Å². The molecule has 1 fully saturated rings. The minimum Gasteiger partial charge on any atom is -0.309 e. The van der Waals surface area contributed by atoms with Gasteiger partial charge in [-0.1, -0.05) is 6.92 Å². The summed E-state index contributed by atoms with van der Waals surface area (Å²) in [5.74, 6) is 0.838. The summed E-state index contributed by atoms with van der Waals surface area (Å²) < 4.78 is 0. The van der Waals surface area contributed by atoms with Gasteiger partial charge in [0.05, 0.1) is 0 Å². The zero-order valence-electron chi connectivity index (χ0n) is 11.0. The Labute approximate surface area is 95.6 Å². The Bertz CT molecular complexity index is 162. The van der Waals surface area contributed by atoms with Crippen molar-refractivity contribution < 1.29 is 0 Å². The van der Waals surface area contributed by atoms with Crippen LogP contribution in [0.25, 0.3) is 0 Å². The van der Waals surface area contributed by atoms with Crippen molar-refractivity contribution in [1.29, 1.82) is 0 Å². The van der Waals surface area contributed by atoms with Gasteiger partial charge in [-0.05, 0) is 65.7 Å². The molecular weight excluding hydrogens is 184 g/mol. The molecule has 0 amide bonds. The maximum atomic E-state index is 2.66. The Morgan fingerprint density at radius 3 is 2.20 bits per heavy atom. The summed E-state index contributed by atoms with van der Waals surface area (Å²) in [4.78, 5) is 4.95. The molecule has 2 heteroatoms. The quantitative estimate of drug-likeness (QED) is 0.667. The minimum atomic E-state index is 0.803. The van der Waals surface area contributed by atoms with Crippen LogP contribution in [0, 0.1) is 5.92 Å². The molecule has 0 aromatic heterocycles. The summed E-state index contributed by atoms with van der Waals surface area (Å²) in [5.41, 5.74) is 0. The summed E-state index contributed by atoms with van der Waals surface area (Å²) in [5, 5.41) is 0. The minimum absolute atomic E-state index is 0.803. The first-order valence-electron chi connectivity index (χ1n) is 6.48. The second-order valence-corrected chi connectivity index (χ2v) is 5.54. The van der Waals surface area contributed by atoms with E-state index in [1.807, 2.05) is 0 Å². The lowest BCUT2D eigenvalue weighted by Crippen LogP contribution is -2.31. The van der Waals surface area contributed by atoms with Gasteiger partial charge in [0.1, 0.15) is 0 Å². The Balaban J connectivity index is 2.12. The highest BCUT2D eigenvalue weighted by molar-refractivity contribution is 4.73. The zero-order chi connectivity index (χ0) is 11.3. The molecule has 1 saturated heterocycles. The molecule has 0 N–H and O–H groups in total. The molecule has 15 heavy (non-hydrogen) atoms. The molecule has 1 aliphatic heterocycles. The van der Waals surface area contributed by atoms with Crippen molar-refractivity contribution in [3.63, 3.8) is 0 Å². The van der Waals surface area contributed by atoms with Crippen LogP contribution < -0.4 is 0 Å². The highest BCUT2D eigenvalue weighted by atomic mass is 15.2. The maximum absolute atomic E-state index is 2.66. The summed E-state index contributed by atoms with van der Waals surface area (Å²) in [7, 11) is 4.33. The first-order valence-corrected chi connectivity index (χ1v) is 6.48. The number of hydrogen-bond acceptors (Lipinski definition) is 2. The van der Waals surface area contributed by atoms with Crippen molar-refractivity contribution in [2.75, 3.05) is 33.7 Å². The number of nitrogens with zero attached hydrogens (tertiary/aromatic N) is 2. The molecule has 1 heterocycles. The summed E-state index contributed by atoms with van der Waals surface area (Å²) >= 11 is 0. The predicted molar refractivity (Wildman–Crippen MR) is 67.2 cm³/mol. The monoisotopic (exact) mass is 212 g/mol. The first kappa shape index (κ1) is 13.0. The Kier molecular flexibility index (Phi) is 5.62. The van der Waals surface area contributed by atoms with Crippen LogP contribution in [0.1, 0.15) is 39.5 Å². The van der Waals surface area contributed by atoms with E-state index in [1.54, 1.807) is 0 Å². The topological polar surface area (TPSA) is 6.48 Å². The molecule has 0 radical (unpaired) electrons. The molecule has 90 valence electrons. The molecule has 2 unspecified atom stereocenters. The van der Waals surface area contributed by atoms with E-state index in [0.29, 0.717) is 0 Å². The first-order chi connectivity index (χ1) is 7.09. The lowest BCUT2D eigenvalue weighted by atomic mass is 10.0. The van der Waals surface area contributed by atoms with Gasteiger partial charge in [-0.2, -0.15) is 0 Å². The fourth-order valence-electron chi connectivity index (χ4n) is 2.61. The van der Waals surface area contributed by atoms with Gasteiger partial charge in [-0.25, -0.2) is 0 Å². The van der Waals surface area contributed by atoms with Gasteiger partial charge in [-0.15, -0.1) is 0 Å². The van der Waals surface area contributed by atoms with E-state index in [9.17, 15) is 0 Å². The average Bonchev–Trinajstić information content (AvgIpc) is 2.65. The molecule has 0 aliphatic carbocycles. The van der Waals surface area contributed by atoms with Crippen LogP contribution in [0.5, 0.6) is 0 Å². The maximum Gasteiger partial charge on any atom is 0.00670 e. The van der Waals surface area contributed by atoms with Gasteiger partial charge >= 0.3 is 0 Å². The lowest BCUT2D eigenvalue weighted by molar-refractivity contribution is 0.226. The molecular formula is C13H28N2.